The highest BCUT2D eigenvalue weighted by molar-refractivity contribution is 5.47. The van der Waals surface area contributed by atoms with E-state index in [2.05, 4.69) is 25.8 Å². The van der Waals surface area contributed by atoms with Crippen LogP contribution in [0.5, 0.6) is 5.75 Å². The minimum Gasteiger partial charge on any atom is -0.497 e. The van der Waals surface area contributed by atoms with E-state index in [-0.39, 0.29) is 0 Å². The summed E-state index contributed by atoms with van der Waals surface area (Å²) >= 11 is 0. The van der Waals surface area contributed by atoms with Gasteiger partial charge in [-0.1, -0.05) is 13.3 Å². The summed E-state index contributed by atoms with van der Waals surface area (Å²) in [5.41, 5.74) is 7.81. The van der Waals surface area contributed by atoms with Crippen molar-refractivity contribution < 1.29 is 4.74 Å². The number of nitrogen functional groups attached to an aromatic ring is 1. The maximum atomic E-state index is 5.85. The summed E-state index contributed by atoms with van der Waals surface area (Å²) in [7, 11) is 3.82. The first-order chi connectivity index (χ1) is 8.06. The van der Waals surface area contributed by atoms with Gasteiger partial charge in [0.2, 0.25) is 0 Å². The van der Waals surface area contributed by atoms with Crippen LogP contribution in [0.25, 0.3) is 0 Å². The van der Waals surface area contributed by atoms with Crippen LogP contribution in [0, 0.1) is 0 Å². The molecule has 3 heteroatoms. The van der Waals surface area contributed by atoms with Gasteiger partial charge in [-0.25, -0.2) is 0 Å². The quantitative estimate of drug-likeness (QED) is 0.772. The van der Waals surface area contributed by atoms with Crippen molar-refractivity contribution in [2.75, 3.05) is 19.9 Å². The number of benzene rings is 1. The van der Waals surface area contributed by atoms with Gasteiger partial charge in [0.05, 0.1) is 7.11 Å². The number of hydrogen-bond acceptors (Lipinski definition) is 3. The minimum atomic E-state index is 0.590. The summed E-state index contributed by atoms with van der Waals surface area (Å²) in [6.45, 7) is 5.38. The highest BCUT2D eigenvalue weighted by atomic mass is 16.5. The first-order valence-corrected chi connectivity index (χ1v) is 6.20. The van der Waals surface area contributed by atoms with E-state index in [1.165, 1.54) is 18.4 Å². The molecule has 3 nitrogen and oxygen atoms in total. The fourth-order valence-electron chi connectivity index (χ4n) is 1.98. The molecule has 0 saturated carbocycles. The van der Waals surface area contributed by atoms with E-state index in [1.54, 1.807) is 7.11 Å². The van der Waals surface area contributed by atoms with Crippen molar-refractivity contribution in [3.05, 3.63) is 23.8 Å². The number of hydrogen-bond donors (Lipinski definition) is 1. The lowest BCUT2D eigenvalue weighted by Gasteiger charge is -2.24. The Bertz CT molecular complexity index is 352. The van der Waals surface area contributed by atoms with Gasteiger partial charge in [-0.05, 0) is 38.1 Å². The highest BCUT2D eigenvalue weighted by Crippen LogP contribution is 2.20. The summed E-state index contributed by atoms with van der Waals surface area (Å²) in [6, 6.07) is 6.50. The van der Waals surface area contributed by atoms with Crippen LogP contribution in [0.1, 0.15) is 32.3 Å². The Labute approximate surface area is 105 Å². The molecule has 17 heavy (non-hydrogen) atoms. The molecule has 0 aliphatic rings. The number of nitrogens with two attached hydrogens (primary N) is 1. The molecule has 0 spiro atoms. The molecule has 96 valence electrons. The molecule has 0 aliphatic heterocycles. The second kappa shape index (κ2) is 6.50. The van der Waals surface area contributed by atoms with Gasteiger partial charge in [-0.2, -0.15) is 0 Å². The molecule has 0 fully saturated rings. The van der Waals surface area contributed by atoms with Crippen LogP contribution >= 0.6 is 0 Å². The van der Waals surface area contributed by atoms with E-state index in [4.69, 9.17) is 10.5 Å². The zero-order chi connectivity index (χ0) is 12.8. The smallest absolute Gasteiger partial charge is 0.121 e. The Morgan fingerprint density at radius 2 is 2.06 bits per heavy atom. The van der Waals surface area contributed by atoms with Gasteiger partial charge in [0.15, 0.2) is 0 Å². The summed E-state index contributed by atoms with van der Waals surface area (Å²) in [5, 5.41) is 0. The van der Waals surface area contributed by atoms with Crippen LogP contribution in [-0.4, -0.2) is 25.1 Å². The lowest BCUT2D eigenvalue weighted by Crippen LogP contribution is -2.28. The second-order valence-electron chi connectivity index (χ2n) is 4.67. The van der Waals surface area contributed by atoms with Crippen molar-refractivity contribution >= 4 is 5.69 Å². The van der Waals surface area contributed by atoms with Crippen LogP contribution in [0.4, 0.5) is 5.69 Å². The van der Waals surface area contributed by atoms with E-state index >= 15 is 0 Å². The van der Waals surface area contributed by atoms with Crippen LogP contribution in [0.3, 0.4) is 0 Å². The SMILES string of the molecule is CCCC(C)N(C)Cc1cc(N)cc(OC)c1. The van der Waals surface area contributed by atoms with E-state index < -0.39 is 0 Å². The van der Waals surface area contributed by atoms with Crippen LogP contribution in [0.15, 0.2) is 18.2 Å². The molecule has 0 saturated heterocycles. The Balaban J connectivity index is 2.70. The molecule has 2 N–H and O–H groups in total. The van der Waals surface area contributed by atoms with Crippen molar-refractivity contribution in [3.8, 4) is 5.75 Å². The average molecular weight is 236 g/mol. The minimum absolute atomic E-state index is 0.590. The fourth-order valence-corrected chi connectivity index (χ4v) is 1.98. The standard InChI is InChI=1S/C14H24N2O/c1-5-6-11(2)16(3)10-12-7-13(15)9-14(8-12)17-4/h7-9,11H,5-6,10,15H2,1-4H3. The Morgan fingerprint density at radius 3 is 2.65 bits per heavy atom. The third-order valence-electron chi connectivity index (χ3n) is 3.12. The topological polar surface area (TPSA) is 38.5 Å². The lowest BCUT2D eigenvalue weighted by atomic mass is 10.1. The molecule has 1 aromatic carbocycles. The molecule has 0 aliphatic carbocycles. The normalized spacial score (nSPS) is 12.8. The zero-order valence-corrected chi connectivity index (χ0v) is 11.4. The van der Waals surface area contributed by atoms with Crippen molar-refractivity contribution in [1.82, 2.24) is 4.90 Å². The first kappa shape index (κ1) is 13.8. The summed E-state index contributed by atoms with van der Waals surface area (Å²) in [5.74, 6) is 0.830. The predicted octanol–water partition coefficient (Wildman–Crippen LogP) is 2.90. The molecule has 0 heterocycles. The third kappa shape index (κ3) is 4.27. The van der Waals surface area contributed by atoms with E-state index in [0.29, 0.717) is 6.04 Å². The van der Waals surface area contributed by atoms with E-state index in [0.717, 1.165) is 18.0 Å². The van der Waals surface area contributed by atoms with Gasteiger partial charge < -0.3 is 10.5 Å². The monoisotopic (exact) mass is 236 g/mol. The molecular weight excluding hydrogens is 212 g/mol. The zero-order valence-electron chi connectivity index (χ0n) is 11.4. The molecule has 1 unspecified atom stereocenters. The summed E-state index contributed by atoms with van der Waals surface area (Å²) in [4.78, 5) is 2.34. The molecule has 1 aromatic rings. The number of anilines is 1. The molecular formula is C14H24N2O. The predicted molar refractivity (Wildman–Crippen MR) is 73.2 cm³/mol. The van der Waals surface area contributed by atoms with Crippen molar-refractivity contribution in [3.63, 3.8) is 0 Å². The Morgan fingerprint density at radius 1 is 1.35 bits per heavy atom. The first-order valence-electron chi connectivity index (χ1n) is 6.20. The van der Waals surface area contributed by atoms with Gasteiger partial charge in [0.1, 0.15) is 5.75 Å². The molecule has 0 aromatic heterocycles. The Hall–Kier alpha value is -1.22. The fraction of sp³-hybridized carbons (Fsp3) is 0.571. The van der Waals surface area contributed by atoms with E-state index in [1.807, 2.05) is 18.2 Å². The second-order valence-corrected chi connectivity index (χ2v) is 4.67. The number of rotatable bonds is 6. The largest absolute Gasteiger partial charge is 0.497 e. The van der Waals surface area contributed by atoms with Gasteiger partial charge in [-0.3, -0.25) is 4.90 Å². The number of ether oxygens (including phenoxy) is 1. The van der Waals surface area contributed by atoms with Crippen LogP contribution in [0.2, 0.25) is 0 Å². The maximum Gasteiger partial charge on any atom is 0.121 e. The maximum absolute atomic E-state index is 5.85. The molecule has 0 radical (unpaired) electrons. The average Bonchev–Trinajstić information content (AvgIpc) is 2.28. The van der Waals surface area contributed by atoms with Crippen molar-refractivity contribution in [1.29, 1.82) is 0 Å². The molecule has 1 atom stereocenters. The van der Waals surface area contributed by atoms with Gasteiger partial charge in [0, 0.05) is 24.3 Å². The highest BCUT2D eigenvalue weighted by Gasteiger charge is 2.09. The third-order valence-corrected chi connectivity index (χ3v) is 3.12. The van der Waals surface area contributed by atoms with Crippen molar-refractivity contribution in [2.45, 2.75) is 39.3 Å². The van der Waals surface area contributed by atoms with Crippen LogP contribution in [-0.2, 0) is 6.54 Å². The van der Waals surface area contributed by atoms with Gasteiger partial charge in [0.25, 0.3) is 0 Å². The van der Waals surface area contributed by atoms with Crippen LogP contribution < -0.4 is 10.5 Å². The van der Waals surface area contributed by atoms with Gasteiger partial charge in [-0.15, -0.1) is 0 Å². The number of methoxy groups -OCH3 is 1. The van der Waals surface area contributed by atoms with Gasteiger partial charge >= 0.3 is 0 Å². The molecule has 1 rings (SSSR count). The molecule has 0 amide bonds. The lowest BCUT2D eigenvalue weighted by molar-refractivity contribution is 0.236. The summed E-state index contributed by atoms with van der Waals surface area (Å²) < 4.78 is 5.23. The van der Waals surface area contributed by atoms with E-state index in [9.17, 15) is 0 Å². The number of nitrogens with zero attached hydrogens (tertiary/aromatic N) is 1. The molecule has 0 bridgehead atoms. The summed E-state index contributed by atoms with van der Waals surface area (Å²) in [6.07, 6.45) is 2.43. The van der Waals surface area contributed by atoms with Crippen molar-refractivity contribution in [2.24, 2.45) is 0 Å². The Kier molecular flexibility index (Phi) is 5.29.